The van der Waals surface area contributed by atoms with E-state index >= 15 is 0 Å². The standard InChI is InChI=1S/C15H13NO3S/c1-20-13-7-3-2-6-12(13)19-15-11(5-4-10-16-15)8-9-14(17)18/h2-10H,1H3,(H,17,18)/b9-8+. The van der Waals surface area contributed by atoms with Crippen molar-refractivity contribution in [3.8, 4) is 11.6 Å². The quantitative estimate of drug-likeness (QED) is 0.671. The Labute approximate surface area is 121 Å². The molecule has 0 unspecified atom stereocenters. The third-order valence-corrected chi connectivity index (χ3v) is 3.26. The number of carboxylic acids is 1. The summed E-state index contributed by atoms with van der Waals surface area (Å²) in [6.45, 7) is 0. The minimum atomic E-state index is -1.01. The number of rotatable bonds is 5. The number of hydrogen-bond donors (Lipinski definition) is 1. The summed E-state index contributed by atoms with van der Waals surface area (Å²) in [5, 5.41) is 8.69. The molecular formula is C15H13NO3S. The van der Waals surface area contributed by atoms with Crippen LogP contribution in [-0.4, -0.2) is 22.3 Å². The van der Waals surface area contributed by atoms with Crippen molar-refractivity contribution < 1.29 is 14.6 Å². The van der Waals surface area contributed by atoms with Crippen LogP contribution in [0.4, 0.5) is 0 Å². The minimum Gasteiger partial charge on any atom is -0.478 e. The summed E-state index contributed by atoms with van der Waals surface area (Å²) in [4.78, 5) is 15.7. The maximum atomic E-state index is 10.6. The fourth-order valence-electron chi connectivity index (χ4n) is 1.58. The highest BCUT2D eigenvalue weighted by Crippen LogP contribution is 2.31. The van der Waals surface area contributed by atoms with Crippen LogP contribution in [0.2, 0.25) is 0 Å². The summed E-state index contributed by atoms with van der Waals surface area (Å²) in [6.07, 6.45) is 6.09. The average molecular weight is 287 g/mol. The topological polar surface area (TPSA) is 59.4 Å². The molecule has 1 aromatic heterocycles. The zero-order valence-corrected chi connectivity index (χ0v) is 11.6. The molecule has 0 aliphatic rings. The lowest BCUT2D eigenvalue weighted by Crippen LogP contribution is -1.93. The summed E-state index contributed by atoms with van der Waals surface area (Å²) >= 11 is 1.57. The Morgan fingerprint density at radius 1 is 1.30 bits per heavy atom. The Bertz CT molecular complexity index is 641. The Morgan fingerprint density at radius 3 is 2.85 bits per heavy atom. The van der Waals surface area contributed by atoms with Crippen molar-refractivity contribution in [2.24, 2.45) is 0 Å². The number of aliphatic carboxylic acids is 1. The van der Waals surface area contributed by atoms with Crippen molar-refractivity contribution >= 4 is 23.8 Å². The molecule has 2 aromatic rings. The van der Waals surface area contributed by atoms with Crippen LogP contribution >= 0.6 is 11.8 Å². The van der Waals surface area contributed by atoms with Crippen molar-refractivity contribution in [1.29, 1.82) is 0 Å². The second kappa shape index (κ2) is 6.77. The molecular weight excluding hydrogens is 274 g/mol. The average Bonchev–Trinajstić information content (AvgIpc) is 2.47. The first-order valence-electron chi connectivity index (χ1n) is 5.87. The smallest absolute Gasteiger partial charge is 0.328 e. The van der Waals surface area contributed by atoms with Gasteiger partial charge in [0.1, 0.15) is 5.75 Å². The zero-order chi connectivity index (χ0) is 14.4. The highest BCUT2D eigenvalue weighted by molar-refractivity contribution is 7.98. The molecule has 20 heavy (non-hydrogen) atoms. The van der Waals surface area contributed by atoms with Gasteiger partial charge in [0.05, 0.1) is 0 Å². The van der Waals surface area contributed by atoms with E-state index in [0.717, 1.165) is 11.0 Å². The van der Waals surface area contributed by atoms with E-state index in [9.17, 15) is 4.79 Å². The van der Waals surface area contributed by atoms with Crippen molar-refractivity contribution in [2.45, 2.75) is 4.90 Å². The van der Waals surface area contributed by atoms with Gasteiger partial charge in [0, 0.05) is 22.7 Å². The first-order valence-corrected chi connectivity index (χ1v) is 7.10. The molecule has 0 spiro atoms. The van der Waals surface area contributed by atoms with Gasteiger partial charge in [-0.25, -0.2) is 9.78 Å². The van der Waals surface area contributed by atoms with Gasteiger partial charge in [-0.2, -0.15) is 0 Å². The fourth-order valence-corrected chi connectivity index (χ4v) is 2.11. The minimum absolute atomic E-state index is 0.381. The van der Waals surface area contributed by atoms with E-state index in [4.69, 9.17) is 9.84 Å². The first-order chi connectivity index (χ1) is 9.70. The van der Waals surface area contributed by atoms with Crippen LogP contribution in [0, 0.1) is 0 Å². The van der Waals surface area contributed by atoms with Crippen molar-refractivity contribution in [3.05, 3.63) is 54.2 Å². The molecule has 5 heteroatoms. The molecule has 1 aromatic carbocycles. The molecule has 0 atom stereocenters. The number of carbonyl (C=O) groups is 1. The predicted octanol–water partition coefficient (Wildman–Crippen LogP) is 3.69. The molecule has 102 valence electrons. The lowest BCUT2D eigenvalue weighted by Gasteiger charge is -2.10. The number of carboxylic acid groups (broad SMARTS) is 1. The van der Waals surface area contributed by atoms with Crippen LogP contribution in [-0.2, 0) is 4.79 Å². The maximum Gasteiger partial charge on any atom is 0.328 e. The number of thioether (sulfide) groups is 1. The Balaban J connectivity index is 2.31. The van der Waals surface area contributed by atoms with Crippen LogP contribution in [0.15, 0.2) is 53.6 Å². The molecule has 0 bridgehead atoms. The van der Waals surface area contributed by atoms with Gasteiger partial charge in [-0.1, -0.05) is 12.1 Å². The number of pyridine rings is 1. The molecule has 0 aliphatic heterocycles. The molecule has 1 N–H and O–H groups in total. The Morgan fingerprint density at radius 2 is 2.10 bits per heavy atom. The highest BCUT2D eigenvalue weighted by Gasteiger charge is 2.07. The lowest BCUT2D eigenvalue weighted by atomic mass is 10.2. The van der Waals surface area contributed by atoms with Crippen LogP contribution in [0.25, 0.3) is 6.08 Å². The molecule has 0 fully saturated rings. The number of hydrogen-bond acceptors (Lipinski definition) is 4. The van der Waals surface area contributed by atoms with Crippen molar-refractivity contribution in [1.82, 2.24) is 4.98 Å². The van der Waals surface area contributed by atoms with Gasteiger partial charge in [0.25, 0.3) is 0 Å². The second-order valence-electron chi connectivity index (χ2n) is 3.82. The van der Waals surface area contributed by atoms with Gasteiger partial charge < -0.3 is 9.84 Å². The number of aromatic nitrogens is 1. The van der Waals surface area contributed by atoms with Gasteiger partial charge in [-0.3, -0.25) is 0 Å². The van der Waals surface area contributed by atoms with Gasteiger partial charge in [0.15, 0.2) is 0 Å². The molecule has 0 radical (unpaired) electrons. The first kappa shape index (κ1) is 14.1. The molecule has 0 aliphatic carbocycles. The van der Waals surface area contributed by atoms with E-state index in [1.807, 2.05) is 30.5 Å². The SMILES string of the molecule is CSc1ccccc1Oc1ncccc1/C=C/C(=O)O. The molecule has 2 rings (SSSR count). The van der Waals surface area contributed by atoms with Crippen LogP contribution in [0.3, 0.4) is 0 Å². The van der Waals surface area contributed by atoms with E-state index in [1.165, 1.54) is 6.08 Å². The van der Waals surface area contributed by atoms with Crippen LogP contribution in [0.1, 0.15) is 5.56 Å². The maximum absolute atomic E-state index is 10.6. The second-order valence-corrected chi connectivity index (χ2v) is 4.67. The monoisotopic (exact) mass is 287 g/mol. The van der Waals surface area contributed by atoms with Crippen LogP contribution in [0.5, 0.6) is 11.6 Å². The summed E-state index contributed by atoms with van der Waals surface area (Å²) in [7, 11) is 0. The Kier molecular flexibility index (Phi) is 4.79. The van der Waals surface area contributed by atoms with Crippen molar-refractivity contribution in [3.63, 3.8) is 0 Å². The van der Waals surface area contributed by atoms with Crippen LogP contribution < -0.4 is 4.74 Å². The van der Waals surface area contributed by atoms with E-state index < -0.39 is 5.97 Å². The van der Waals surface area contributed by atoms with Gasteiger partial charge in [-0.05, 0) is 36.6 Å². The molecule has 0 amide bonds. The number of nitrogens with zero attached hydrogens (tertiary/aromatic N) is 1. The van der Waals surface area contributed by atoms with E-state index in [2.05, 4.69) is 4.98 Å². The summed E-state index contributed by atoms with van der Waals surface area (Å²) in [6, 6.07) is 11.1. The molecule has 1 heterocycles. The lowest BCUT2D eigenvalue weighted by molar-refractivity contribution is -0.131. The van der Waals surface area contributed by atoms with Gasteiger partial charge in [0.2, 0.25) is 5.88 Å². The predicted molar refractivity (Wildman–Crippen MR) is 79.2 cm³/mol. The molecule has 0 saturated heterocycles. The fraction of sp³-hybridized carbons (Fsp3) is 0.0667. The number of ether oxygens (including phenoxy) is 1. The van der Waals surface area contributed by atoms with Gasteiger partial charge >= 0.3 is 5.97 Å². The number of para-hydroxylation sites is 1. The van der Waals surface area contributed by atoms with E-state index in [-0.39, 0.29) is 0 Å². The Hall–Kier alpha value is -2.27. The third-order valence-electron chi connectivity index (χ3n) is 2.48. The normalized spacial score (nSPS) is 10.7. The molecule has 0 saturated carbocycles. The van der Waals surface area contributed by atoms with E-state index in [0.29, 0.717) is 17.2 Å². The van der Waals surface area contributed by atoms with Gasteiger partial charge in [-0.15, -0.1) is 11.8 Å². The summed E-state index contributed by atoms with van der Waals surface area (Å²) in [5.74, 6) is 0.0690. The number of benzene rings is 1. The zero-order valence-electron chi connectivity index (χ0n) is 10.8. The summed E-state index contributed by atoms with van der Waals surface area (Å²) in [5.41, 5.74) is 0.616. The van der Waals surface area contributed by atoms with Crippen molar-refractivity contribution in [2.75, 3.05) is 6.26 Å². The summed E-state index contributed by atoms with van der Waals surface area (Å²) < 4.78 is 5.79. The molecule has 4 nitrogen and oxygen atoms in total. The largest absolute Gasteiger partial charge is 0.478 e. The van der Waals surface area contributed by atoms with E-state index in [1.54, 1.807) is 30.1 Å². The third kappa shape index (κ3) is 3.61. The highest BCUT2D eigenvalue weighted by atomic mass is 32.2.